The summed E-state index contributed by atoms with van der Waals surface area (Å²) < 4.78 is 38.6. The van der Waals surface area contributed by atoms with Crippen molar-refractivity contribution in [2.75, 3.05) is 0 Å². The highest BCUT2D eigenvalue weighted by molar-refractivity contribution is 6.31. The quantitative estimate of drug-likeness (QED) is 0.223. The van der Waals surface area contributed by atoms with Gasteiger partial charge in [-0.25, -0.2) is 4.79 Å². The van der Waals surface area contributed by atoms with Crippen LogP contribution in [0, 0.1) is 11.8 Å². The molecule has 0 aromatic heterocycles. The first-order valence-corrected chi connectivity index (χ1v) is 11.9. The lowest BCUT2D eigenvalue weighted by Crippen LogP contribution is -2.38. The molecule has 7 heteroatoms. The van der Waals surface area contributed by atoms with Gasteiger partial charge in [0.2, 0.25) is 0 Å². The van der Waals surface area contributed by atoms with Crippen molar-refractivity contribution < 1.29 is 27.9 Å². The molecule has 1 N–H and O–H groups in total. The number of nitrogens with zero attached hydrogens (tertiary/aromatic N) is 1. The summed E-state index contributed by atoms with van der Waals surface area (Å²) in [5.74, 6) is 3.54. The Labute approximate surface area is 205 Å². The van der Waals surface area contributed by atoms with Gasteiger partial charge >= 0.3 is 18.1 Å². The number of halogens is 3. The number of carboxylic acid groups (broad SMARTS) is 1. The van der Waals surface area contributed by atoms with Crippen molar-refractivity contribution in [1.82, 2.24) is 4.90 Å². The van der Waals surface area contributed by atoms with Crippen LogP contribution >= 0.6 is 0 Å². The number of unbranched alkanes of at least 4 members (excludes halogenated alkanes) is 6. The summed E-state index contributed by atoms with van der Waals surface area (Å²) in [6.45, 7) is 3.78. The largest absolute Gasteiger partial charge is 0.474 e. The fraction of sp³-hybridized carbons (Fsp3) is 0.429. The van der Waals surface area contributed by atoms with Gasteiger partial charge in [-0.3, -0.25) is 4.79 Å². The van der Waals surface area contributed by atoms with Crippen LogP contribution in [-0.4, -0.2) is 21.9 Å². The smallest absolute Gasteiger partial charge is 0.416 e. The number of rotatable bonds is 10. The van der Waals surface area contributed by atoms with Gasteiger partial charge in [0.1, 0.15) is 0 Å². The Morgan fingerprint density at radius 1 is 0.943 bits per heavy atom. The predicted molar refractivity (Wildman–Crippen MR) is 129 cm³/mol. The van der Waals surface area contributed by atoms with Gasteiger partial charge in [-0.15, -0.1) is 0 Å². The van der Waals surface area contributed by atoms with E-state index in [-0.39, 0.29) is 6.54 Å². The Morgan fingerprint density at radius 3 is 2.11 bits per heavy atom. The summed E-state index contributed by atoms with van der Waals surface area (Å²) in [5, 5.41) is 9.26. The average molecular weight is 488 g/mol. The van der Waals surface area contributed by atoms with Crippen molar-refractivity contribution in [1.29, 1.82) is 0 Å². The van der Waals surface area contributed by atoms with Crippen molar-refractivity contribution in [3.63, 3.8) is 0 Å². The predicted octanol–water partition coefficient (Wildman–Crippen LogP) is 6.98. The summed E-state index contributed by atoms with van der Waals surface area (Å²) >= 11 is 0. The van der Waals surface area contributed by atoms with Crippen LogP contribution in [0.15, 0.2) is 48.5 Å². The van der Waals surface area contributed by atoms with E-state index in [2.05, 4.69) is 18.8 Å². The lowest BCUT2D eigenvalue weighted by atomic mass is 10.0. The summed E-state index contributed by atoms with van der Waals surface area (Å²) in [6, 6.07) is 10.8. The van der Waals surface area contributed by atoms with Crippen LogP contribution in [0.1, 0.15) is 87.1 Å². The maximum Gasteiger partial charge on any atom is 0.416 e. The Hall–Kier alpha value is -3.27. The van der Waals surface area contributed by atoms with E-state index in [4.69, 9.17) is 0 Å². The molecule has 2 aromatic carbocycles. The van der Waals surface area contributed by atoms with Crippen molar-refractivity contribution in [3.8, 4) is 11.8 Å². The molecule has 0 aliphatic rings. The molecule has 0 aliphatic heterocycles. The molecule has 0 fully saturated rings. The number of alkyl halides is 3. The highest BCUT2D eigenvalue weighted by Gasteiger charge is 2.31. The highest BCUT2D eigenvalue weighted by atomic mass is 19.4. The maximum atomic E-state index is 12.9. The van der Waals surface area contributed by atoms with Gasteiger partial charge in [0.25, 0.3) is 0 Å². The van der Waals surface area contributed by atoms with E-state index in [0.29, 0.717) is 11.1 Å². The van der Waals surface area contributed by atoms with Crippen LogP contribution in [0.25, 0.3) is 0 Å². The highest BCUT2D eigenvalue weighted by Crippen LogP contribution is 2.31. The number of amides is 1. The van der Waals surface area contributed by atoms with Crippen LogP contribution in [0.4, 0.5) is 13.2 Å². The van der Waals surface area contributed by atoms with Gasteiger partial charge < -0.3 is 10.0 Å². The second kappa shape index (κ2) is 13.6. The molecule has 0 aliphatic carbocycles. The number of aliphatic carboxylic acids is 1. The van der Waals surface area contributed by atoms with Crippen LogP contribution in [-0.2, 0) is 22.3 Å². The molecule has 0 spiro atoms. The van der Waals surface area contributed by atoms with Crippen molar-refractivity contribution >= 4 is 11.9 Å². The molecule has 0 bridgehead atoms. The molecule has 0 saturated carbocycles. The second-order valence-electron chi connectivity index (χ2n) is 8.55. The lowest BCUT2D eigenvalue weighted by Gasteiger charge is -2.28. The molecule has 0 saturated heterocycles. The van der Waals surface area contributed by atoms with E-state index in [0.717, 1.165) is 35.4 Å². The standard InChI is InChI=1S/C28H32F3NO3/c1-3-4-5-6-7-8-9-10-11-22-12-14-23(15-13-22)20-32(26(33)27(34)35)21(2)24-16-18-25(19-17-24)28(29,30)31/h12-19,21H,3-9,20H2,1-2H3,(H,34,35). The number of carbonyl (C=O) groups is 2. The first-order valence-electron chi connectivity index (χ1n) is 11.9. The topological polar surface area (TPSA) is 57.6 Å². The third kappa shape index (κ3) is 9.12. The van der Waals surface area contributed by atoms with Crippen molar-refractivity contribution in [2.24, 2.45) is 0 Å². The molecular formula is C28H32F3NO3. The summed E-state index contributed by atoms with van der Waals surface area (Å²) in [4.78, 5) is 24.9. The monoisotopic (exact) mass is 487 g/mol. The van der Waals surface area contributed by atoms with E-state index in [9.17, 15) is 27.9 Å². The molecule has 1 unspecified atom stereocenters. The Kier molecular flexibility index (Phi) is 10.8. The molecule has 4 nitrogen and oxygen atoms in total. The zero-order valence-electron chi connectivity index (χ0n) is 20.2. The molecule has 188 valence electrons. The van der Waals surface area contributed by atoms with E-state index < -0.39 is 29.7 Å². The molecule has 0 heterocycles. The molecule has 35 heavy (non-hydrogen) atoms. The summed E-state index contributed by atoms with van der Waals surface area (Å²) in [6.07, 6.45) is 3.62. The lowest BCUT2D eigenvalue weighted by molar-refractivity contribution is -0.157. The average Bonchev–Trinajstić information content (AvgIpc) is 2.83. The summed E-state index contributed by atoms with van der Waals surface area (Å²) in [7, 11) is 0. The number of hydrogen-bond donors (Lipinski definition) is 1. The third-order valence-corrected chi connectivity index (χ3v) is 5.83. The first kappa shape index (κ1) is 28.0. The SMILES string of the molecule is CCCCCCCCC#Cc1ccc(CN(C(=O)C(=O)O)C(C)c2ccc(C(F)(F)F)cc2)cc1. The fourth-order valence-electron chi connectivity index (χ4n) is 3.69. The minimum Gasteiger partial charge on any atom is -0.474 e. The van der Waals surface area contributed by atoms with Gasteiger partial charge in [0.15, 0.2) is 0 Å². The van der Waals surface area contributed by atoms with Crippen LogP contribution in [0.2, 0.25) is 0 Å². The van der Waals surface area contributed by atoms with E-state index in [1.54, 1.807) is 19.1 Å². The maximum absolute atomic E-state index is 12.9. The van der Waals surface area contributed by atoms with Crippen LogP contribution in [0.3, 0.4) is 0 Å². The number of carboxylic acids is 1. The van der Waals surface area contributed by atoms with Crippen molar-refractivity contribution in [3.05, 3.63) is 70.8 Å². The fourth-order valence-corrected chi connectivity index (χ4v) is 3.69. The Balaban J connectivity index is 2.04. The Morgan fingerprint density at radius 2 is 1.54 bits per heavy atom. The number of benzene rings is 2. The first-order chi connectivity index (χ1) is 16.6. The third-order valence-electron chi connectivity index (χ3n) is 5.83. The van der Waals surface area contributed by atoms with E-state index >= 15 is 0 Å². The summed E-state index contributed by atoms with van der Waals surface area (Å²) in [5.41, 5.74) is 1.12. The molecule has 2 rings (SSSR count). The van der Waals surface area contributed by atoms with E-state index in [1.165, 1.54) is 44.2 Å². The van der Waals surface area contributed by atoms with Crippen molar-refractivity contribution in [2.45, 2.75) is 77.6 Å². The molecule has 2 aromatic rings. The van der Waals surface area contributed by atoms with Gasteiger partial charge in [-0.2, -0.15) is 13.2 Å². The van der Waals surface area contributed by atoms with E-state index in [1.807, 2.05) is 12.1 Å². The molecular weight excluding hydrogens is 455 g/mol. The van der Waals surface area contributed by atoms with Crippen LogP contribution in [0.5, 0.6) is 0 Å². The zero-order valence-corrected chi connectivity index (χ0v) is 20.2. The van der Waals surface area contributed by atoms with Gasteiger partial charge in [0, 0.05) is 18.5 Å². The van der Waals surface area contributed by atoms with Gasteiger partial charge in [-0.05, 0) is 48.7 Å². The minimum absolute atomic E-state index is 0.00120. The van der Waals surface area contributed by atoms with Crippen LogP contribution < -0.4 is 0 Å². The zero-order chi connectivity index (χ0) is 25.8. The van der Waals surface area contributed by atoms with Gasteiger partial charge in [0.05, 0.1) is 11.6 Å². The molecule has 1 amide bonds. The number of hydrogen-bond acceptors (Lipinski definition) is 2. The molecule has 0 radical (unpaired) electrons. The molecule has 1 atom stereocenters. The normalized spacial score (nSPS) is 11.9. The Bertz CT molecular complexity index is 1020. The van der Waals surface area contributed by atoms with Gasteiger partial charge in [-0.1, -0.05) is 75.1 Å². The number of carbonyl (C=O) groups excluding carboxylic acids is 1. The minimum atomic E-state index is -4.47. The second-order valence-corrected chi connectivity index (χ2v) is 8.55.